The van der Waals surface area contributed by atoms with Gasteiger partial charge in [-0.1, -0.05) is 120 Å². The number of hydrogen-bond donors (Lipinski definition) is 7. The minimum atomic E-state index is -4.27. The number of halogens is 12. The number of nitrogens with two attached hydrogens (primary N) is 1. The van der Waals surface area contributed by atoms with Crippen LogP contribution in [0.3, 0.4) is 0 Å². The molecule has 488 valence electrons. The SMILES string of the molecule is CC(C)(C)C(=O)NCc1cc(Cl)c(C(=O)Nc2ccc(N3CCC(C(F)(F)F)CC3)c(C(=O)Nc3ccc(Br)cc3)c2)c(Cl)c1.CC(C)(C)C(=O)NCc1cc(Cl)c(C(=O)O)c(Cl)c1.Nc1ccc(N2CCC(C(F)(F)F)CC2)c(C(=O)Nc2ccc(Br)cc2)c1. The van der Waals surface area contributed by atoms with Gasteiger partial charge in [-0.2, -0.15) is 26.3 Å². The summed E-state index contributed by atoms with van der Waals surface area (Å²) in [5.74, 6) is -5.62. The number of nitrogens with zero attached hydrogens (tertiary/aromatic N) is 2. The van der Waals surface area contributed by atoms with Gasteiger partial charge in [0.1, 0.15) is 0 Å². The Balaban J connectivity index is 0.000000241. The first-order chi connectivity index (χ1) is 42.4. The zero-order valence-electron chi connectivity index (χ0n) is 50.0. The number of carboxylic acid groups (broad SMARTS) is 1. The Labute approximate surface area is 559 Å². The maximum Gasteiger partial charge on any atom is 0.391 e. The zero-order chi connectivity index (χ0) is 67.5. The molecular formula is C64H66Br2Cl4F6N8O7. The summed E-state index contributed by atoms with van der Waals surface area (Å²) in [4.78, 5) is 78.0. The van der Waals surface area contributed by atoms with E-state index in [0.717, 1.165) is 8.95 Å². The number of amides is 5. The molecule has 0 aromatic heterocycles. The summed E-state index contributed by atoms with van der Waals surface area (Å²) in [5, 5.41) is 23.0. The molecule has 8 rings (SSSR count). The van der Waals surface area contributed by atoms with Crippen LogP contribution in [-0.2, 0) is 22.7 Å². The van der Waals surface area contributed by atoms with E-state index in [9.17, 15) is 55.1 Å². The van der Waals surface area contributed by atoms with Gasteiger partial charge >= 0.3 is 18.3 Å². The number of hydrogen-bond acceptors (Lipinski definition) is 9. The van der Waals surface area contributed by atoms with E-state index in [1.54, 1.807) is 125 Å². The van der Waals surface area contributed by atoms with Crippen molar-refractivity contribution >= 4 is 148 Å². The number of benzene rings is 6. The number of piperidine rings is 2. The molecule has 0 spiro atoms. The average molecular weight is 1470 g/mol. The lowest BCUT2D eigenvalue weighted by Crippen LogP contribution is -2.39. The van der Waals surface area contributed by atoms with Crippen LogP contribution in [0.25, 0.3) is 0 Å². The van der Waals surface area contributed by atoms with Crippen LogP contribution in [0.4, 0.5) is 60.5 Å². The molecule has 2 fully saturated rings. The van der Waals surface area contributed by atoms with Crippen LogP contribution < -0.4 is 42.1 Å². The fourth-order valence-corrected chi connectivity index (χ4v) is 11.3. The summed E-state index contributed by atoms with van der Waals surface area (Å²) in [6.07, 6.45) is -8.60. The number of carbonyl (C=O) groups is 6. The van der Waals surface area contributed by atoms with Crippen molar-refractivity contribution in [1.82, 2.24) is 10.6 Å². The molecule has 6 aromatic carbocycles. The second kappa shape index (κ2) is 31.2. The third-order valence-electron chi connectivity index (χ3n) is 14.5. The zero-order valence-corrected chi connectivity index (χ0v) is 56.2. The van der Waals surface area contributed by atoms with Crippen molar-refractivity contribution in [2.24, 2.45) is 22.7 Å². The number of rotatable bonds is 13. The summed E-state index contributed by atoms with van der Waals surface area (Å²) >= 11 is 31.3. The van der Waals surface area contributed by atoms with Crippen molar-refractivity contribution in [2.45, 2.75) is 92.7 Å². The molecule has 2 heterocycles. The third kappa shape index (κ3) is 21.1. The van der Waals surface area contributed by atoms with Crippen molar-refractivity contribution in [1.29, 1.82) is 0 Å². The normalized spacial score (nSPS) is 14.0. The second-order valence-corrected chi connectivity index (χ2v) is 27.0. The highest BCUT2D eigenvalue weighted by Gasteiger charge is 2.43. The van der Waals surface area contributed by atoms with Crippen LogP contribution in [0.5, 0.6) is 0 Å². The number of carboxylic acids is 1. The van der Waals surface area contributed by atoms with E-state index in [-0.39, 0.29) is 125 Å². The largest absolute Gasteiger partial charge is 0.478 e. The average Bonchev–Trinajstić information content (AvgIpc) is 0.885. The van der Waals surface area contributed by atoms with Crippen LogP contribution >= 0.6 is 78.3 Å². The van der Waals surface area contributed by atoms with Gasteiger partial charge < -0.3 is 47.2 Å². The van der Waals surface area contributed by atoms with Crippen molar-refractivity contribution in [3.05, 3.63) is 172 Å². The molecule has 0 aliphatic carbocycles. The van der Waals surface area contributed by atoms with Gasteiger partial charge in [-0.05, 0) is 146 Å². The maximum absolute atomic E-state index is 13.5. The predicted octanol–water partition coefficient (Wildman–Crippen LogP) is 17.1. The van der Waals surface area contributed by atoms with Gasteiger partial charge in [0.25, 0.3) is 17.7 Å². The summed E-state index contributed by atoms with van der Waals surface area (Å²) in [5.41, 5.74) is 9.25. The molecule has 5 amide bonds. The summed E-state index contributed by atoms with van der Waals surface area (Å²) < 4.78 is 80.3. The van der Waals surface area contributed by atoms with E-state index in [2.05, 4.69) is 58.4 Å². The molecule has 2 aliphatic rings. The van der Waals surface area contributed by atoms with Gasteiger partial charge in [0.2, 0.25) is 11.8 Å². The number of aromatic carboxylic acids is 1. The smallest absolute Gasteiger partial charge is 0.391 e. The monoisotopic (exact) mass is 1470 g/mol. The molecule has 0 radical (unpaired) electrons. The molecular weight excluding hydrogens is 1410 g/mol. The Kier molecular flexibility index (Phi) is 25.2. The summed E-state index contributed by atoms with van der Waals surface area (Å²) in [6.45, 7) is 11.9. The Morgan fingerprint density at radius 3 is 1.18 bits per heavy atom. The molecule has 15 nitrogen and oxygen atoms in total. The fourth-order valence-electron chi connectivity index (χ4n) is 9.41. The number of nitrogens with one attached hydrogen (secondary N) is 5. The first-order valence-corrected chi connectivity index (χ1v) is 31.4. The highest BCUT2D eigenvalue weighted by atomic mass is 79.9. The van der Waals surface area contributed by atoms with E-state index in [4.69, 9.17) is 57.2 Å². The summed E-state index contributed by atoms with van der Waals surface area (Å²) in [6, 6.07) is 29.6. The molecule has 0 saturated carbocycles. The number of nitrogen functional groups attached to an aromatic ring is 1. The second-order valence-electron chi connectivity index (χ2n) is 23.5. The van der Waals surface area contributed by atoms with E-state index >= 15 is 0 Å². The number of alkyl halides is 6. The Morgan fingerprint density at radius 2 is 0.824 bits per heavy atom. The summed E-state index contributed by atoms with van der Waals surface area (Å²) in [7, 11) is 0. The van der Waals surface area contributed by atoms with Gasteiger partial charge in [-0.15, -0.1) is 0 Å². The lowest BCUT2D eigenvalue weighted by Gasteiger charge is -2.35. The third-order valence-corrected chi connectivity index (χ3v) is 16.7. The molecule has 6 aromatic rings. The molecule has 8 N–H and O–H groups in total. The number of anilines is 6. The van der Waals surface area contributed by atoms with Gasteiger partial charge in [-0.3, -0.25) is 24.0 Å². The van der Waals surface area contributed by atoms with Gasteiger partial charge in [0.15, 0.2) is 0 Å². The molecule has 2 saturated heterocycles. The fraction of sp³-hybridized carbons (Fsp3) is 0.344. The van der Waals surface area contributed by atoms with Crippen LogP contribution in [0.2, 0.25) is 20.1 Å². The van der Waals surface area contributed by atoms with E-state index in [1.165, 1.54) is 30.3 Å². The van der Waals surface area contributed by atoms with Crippen molar-refractivity contribution in [3.8, 4) is 0 Å². The first kappa shape index (κ1) is 73.3. The Hall–Kier alpha value is -6.76. The van der Waals surface area contributed by atoms with E-state index in [0.29, 0.717) is 45.1 Å². The lowest BCUT2D eigenvalue weighted by atomic mass is 9.95. The van der Waals surface area contributed by atoms with Crippen molar-refractivity contribution < 1.29 is 60.2 Å². The minimum Gasteiger partial charge on any atom is -0.478 e. The molecule has 0 bridgehead atoms. The molecule has 0 unspecified atom stereocenters. The number of carbonyl (C=O) groups excluding carboxylic acids is 5. The van der Waals surface area contributed by atoms with E-state index in [1.807, 2.05) is 4.90 Å². The van der Waals surface area contributed by atoms with Crippen LogP contribution in [0, 0.1) is 22.7 Å². The van der Waals surface area contributed by atoms with Crippen LogP contribution in [-0.4, -0.2) is 79.1 Å². The van der Waals surface area contributed by atoms with Gasteiger partial charge in [-0.25, -0.2) is 4.79 Å². The first-order valence-electron chi connectivity index (χ1n) is 28.3. The topological polar surface area (TPSA) is 215 Å². The lowest BCUT2D eigenvalue weighted by molar-refractivity contribution is -0.179. The molecule has 0 atom stereocenters. The maximum atomic E-state index is 13.5. The minimum absolute atomic E-state index is 0.00314. The van der Waals surface area contributed by atoms with Crippen molar-refractivity contribution in [3.63, 3.8) is 0 Å². The molecule has 27 heteroatoms. The Bertz CT molecular complexity index is 3580. The quantitative estimate of drug-likeness (QED) is 0.0429. The standard InChI is InChI=1S/C32H32BrCl2F3N4O3.C19H19BrF3N3O.C13H15Cl2NO3/c1-31(2,3)30(45)39-17-18-14-24(34)27(25(35)15-18)29(44)41-22-8-9-26(42-12-10-19(11-13-42)32(36,37)38)23(16-22)28(43)40-21-6-4-20(33)5-7-21;20-13-1-4-15(5-2-13)25-18(27)16-11-14(24)3-6-17(16)26-9-7-12(8-10-26)19(21,22)23;1-13(2,3)12(19)16-6-7-4-8(14)10(11(17)18)9(15)5-7/h4-9,14-16,19H,10-13,17H2,1-3H3,(H,39,45)(H,40,43)(H,41,44);1-6,11-12H,7-10,24H2,(H,25,27);4-5H,6H2,1-3H3,(H,16,19)(H,17,18). The van der Waals surface area contributed by atoms with Crippen LogP contribution in [0.1, 0.15) is 120 Å². The molecule has 91 heavy (non-hydrogen) atoms. The highest BCUT2D eigenvalue weighted by Crippen LogP contribution is 2.39. The highest BCUT2D eigenvalue weighted by molar-refractivity contribution is 9.10. The Morgan fingerprint density at radius 1 is 0.495 bits per heavy atom. The van der Waals surface area contributed by atoms with Crippen LogP contribution in [0.15, 0.2) is 118 Å². The van der Waals surface area contributed by atoms with Gasteiger partial charge in [0, 0.05) is 93.2 Å². The molecule has 2 aliphatic heterocycles. The van der Waals surface area contributed by atoms with E-state index < -0.39 is 52.8 Å². The predicted molar refractivity (Wildman–Crippen MR) is 354 cm³/mol. The van der Waals surface area contributed by atoms with Crippen molar-refractivity contribution in [2.75, 3.05) is 57.7 Å². The van der Waals surface area contributed by atoms with Gasteiger partial charge in [0.05, 0.1) is 54.2 Å².